The zero-order chi connectivity index (χ0) is 14.5. The largest absolute Gasteiger partial charge is 0.497 e. The van der Waals surface area contributed by atoms with Crippen molar-refractivity contribution in [2.45, 2.75) is 39.2 Å². The Kier molecular flexibility index (Phi) is 5.18. The molecular formula is C17H25NO2. The topological polar surface area (TPSA) is 29.5 Å². The monoisotopic (exact) mass is 275 g/mol. The first-order chi connectivity index (χ1) is 9.65. The zero-order valence-electron chi connectivity index (χ0n) is 12.8. The highest BCUT2D eigenvalue weighted by atomic mass is 16.5. The first kappa shape index (κ1) is 15.0. The van der Waals surface area contributed by atoms with E-state index in [9.17, 15) is 4.79 Å². The molecule has 0 aromatic heterocycles. The maximum atomic E-state index is 12.6. The molecule has 2 rings (SSSR count). The van der Waals surface area contributed by atoms with Crippen LogP contribution < -0.4 is 4.74 Å². The van der Waals surface area contributed by atoms with Crippen molar-refractivity contribution in [3.63, 3.8) is 0 Å². The van der Waals surface area contributed by atoms with Crippen molar-refractivity contribution < 1.29 is 9.53 Å². The van der Waals surface area contributed by atoms with E-state index < -0.39 is 0 Å². The molecule has 1 fully saturated rings. The number of Topliss-reactive ketones (excluding diaryl/α,β-unsaturated/α-hetero) is 1. The van der Waals surface area contributed by atoms with Crippen molar-refractivity contribution >= 4 is 5.78 Å². The number of rotatable bonds is 5. The third kappa shape index (κ3) is 3.40. The first-order valence-corrected chi connectivity index (χ1v) is 7.58. The summed E-state index contributed by atoms with van der Waals surface area (Å²) in [5, 5.41) is 0. The van der Waals surface area contributed by atoms with Crippen molar-refractivity contribution in [3.05, 3.63) is 29.8 Å². The van der Waals surface area contributed by atoms with Gasteiger partial charge >= 0.3 is 0 Å². The van der Waals surface area contributed by atoms with Crippen LogP contribution in [0.1, 0.15) is 43.5 Å². The number of carbonyl (C=O) groups is 1. The van der Waals surface area contributed by atoms with Gasteiger partial charge in [-0.2, -0.15) is 0 Å². The molecule has 0 radical (unpaired) electrons. The van der Waals surface area contributed by atoms with E-state index in [2.05, 4.69) is 11.8 Å². The lowest BCUT2D eigenvalue weighted by atomic mass is 9.93. The lowest BCUT2D eigenvalue weighted by Crippen LogP contribution is -2.45. The number of hydrogen-bond acceptors (Lipinski definition) is 3. The van der Waals surface area contributed by atoms with Crippen LogP contribution in [0.5, 0.6) is 5.75 Å². The predicted molar refractivity (Wildman–Crippen MR) is 81.4 cm³/mol. The minimum Gasteiger partial charge on any atom is -0.497 e. The molecule has 0 amide bonds. The van der Waals surface area contributed by atoms with Gasteiger partial charge in [-0.05, 0) is 56.5 Å². The Bertz CT molecular complexity index is 441. The van der Waals surface area contributed by atoms with Crippen molar-refractivity contribution in [2.24, 2.45) is 5.92 Å². The van der Waals surface area contributed by atoms with Gasteiger partial charge in [-0.25, -0.2) is 0 Å². The fourth-order valence-corrected chi connectivity index (χ4v) is 2.94. The van der Waals surface area contributed by atoms with Crippen molar-refractivity contribution in [2.75, 3.05) is 20.2 Å². The Labute approximate surface area is 121 Å². The Morgan fingerprint density at radius 2 is 2.10 bits per heavy atom. The Morgan fingerprint density at radius 3 is 2.70 bits per heavy atom. The quantitative estimate of drug-likeness (QED) is 0.771. The summed E-state index contributed by atoms with van der Waals surface area (Å²) < 4.78 is 5.13. The lowest BCUT2D eigenvalue weighted by Gasteiger charge is -2.35. The summed E-state index contributed by atoms with van der Waals surface area (Å²) >= 11 is 0. The number of ketones is 1. The Hall–Kier alpha value is -1.35. The van der Waals surface area contributed by atoms with E-state index in [0.717, 1.165) is 30.3 Å². The molecule has 20 heavy (non-hydrogen) atoms. The molecule has 110 valence electrons. The minimum absolute atomic E-state index is 0.0299. The number of carbonyl (C=O) groups excluding carboxylic acids is 1. The van der Waals surface area contributed by atoms with Crippen molar-refractivity contribution in [3.8, 4) is 5.75 Å². The van der Waals surface area contributed by atoms with Crippen molar-refractivity contribution in [1.82, 2.24) is 4.90 Å². The highest BCUT2D eigenvalue weighted by molar-refractivity contribution is 5.99. The maximum Gasteiger partial charge on any atom is 0.179 e. The first-order valence-electron chi connectivity index (χ1n) is 7.58. The summed E-state index contributed by atoms with van der Waals surface area (Å²) in [6.07, 6.45) is 3.72. The number of piperidine rings is 1. The summed E-state index contributed by atoms with van der Waals surface area (Å²) in [7, 11) is 1.64. The van der Waals surface area contributed by atoms with E-state index in [4.69, 9.17) is 4.74 Å². The fraction of sp³-hybridized carbons (Fsp3) is 0.588. The second kappa shape index (κ2) is 6.89. The third-order valence-electron chi connectivity index (χ3n) is 4.43. The van der Waals surface area contributed by atoms with Crippen LogP contribution in [0.15, 0.2) is 24.3 Å². The predicted octanol–water partition coefficient (Wildman–Crippen LogP) is 3.39. The van der Waals surface area contributed by atoms with Crippen LogP contribution in [0.3, 0.4) is 0 Å². The molecule has 1 aromatic carbocycles. The van der Waals surface area contributed by atoms with Crippen LogP contribution in [0.2, 0.25) is 0 Å². The standard InChI is InChI=1S/C17H25NO2/c1-4-14-6-5-11-18(12-14)13(2)17(19)15-7-9-16(20-3)10-8-15/h7-10,13-14H,4-6,11-12H2,1-3H3. The molecule has 1 aromatic rings. The zero-order valence-corrected chi connectivity index (χ0v) is 12.8. The summed E-state index contributed by atoms with van der Waals surface area (Å²) in [4.78, 5) is 14.9. The lowest BCUT2D eigenvalue weighted by molar-refractivity contribution is 0.0749. The molecular weight excluding hydrogens is 250 g/mol. The highest BCUT2D eigenvalue weighted by Crippen LogP contribution is 2.22. The molecule has 3 nitrogen and oxygen atoms in total. The number of hydrogen-bond donors (Lipinski definition) is 0. The van der Waals surface area contributed by atoms with Crippen LogP contribution in [-0.2, 0) is 0 Å². The number of nitrogens with zero attached hydrogens (tertiary/aromatic N) is 1. The number of likely N-dealkylation sites (tertiary alicyclic amines) is 1. The van der Waals surface area contributed by atoms with Gasteiger partial charge in [-0.3, -0.25) is 9.69 Å². The molecule has 0 aliphatic carbocycles. The fourth-order valence-electron chi connectivity index (χ4n) is 2.94. The minimum atomic E-state index is -0.0299. The van der Waals surface area contributed by atoms with E-state index in [0.29, 0.717) is 0 Å². The van der Waals surface area contributed by atoms with E-state index in [1.165, 1.54) is 19.3 Å². The molecule has 2 unspecified atom stereocenters. The van der Waals surface area contributed by atoms with Crippen LogP contribution in [-0.4, -0.2) is 36.9 Å². The van der Waals surface area contributed by atoms with Gasteiger partial charge in [0.05, 0.1) is 13.2 Å². The molecule has 2 atom stereocenters. The molecule has 1 aliphatic rings. The Balaban J connectivity index is 2.03. The van der Waals surface area contributed by atoms with Gasteiger partial charge in [0.15, 0.2) is 5.78 Å². The summed E-state index contributed by atoms with van der Waals surface area (Å²) in [6, 6.07) is 7.39. The smallest absolute Gasteiger partial charge is 0.179 e. The SMILES string of the molecule is CCC1CCCN(C(C)C(=O)c2ccc(OC)cc2)C1. The van der Waals surface area contributed by atoms with Gasteiger partial charge in [0.25, 0.3) is 0 Å². The molecule has 0 N–H and O–H groups in total. The second-order valence-corrected chi connectivity index (χ2v) is 5.68. The van der Waals surface area contributed by atoms with E-state index in [1.807, 2.05) is 31.2 Å². The number of benzene rings is 1. The molecule has 0 bridgehead atoms. The summed E-state index contributed by atoms with van der Waals surface area (Å²) in [5.41, 5.74) is 0.775. The second-order valence-electron chi connectivity index (χ2n) is 5.68. The normalized spacial score (nSPS) is 21.4. The van der Waals surface area contributed by atoms with Crippen LogP contribution in [0, 0.1) is 5.92 Å². The molecule has 3 heteroatoms. The summed E-state index contributed by atoms with van der Waals surface area (Å²) in [6.45, 7) is 6.37. The maximum absolute atomic E-state index is 12.6. The van der Waals surface area contributed by atoms with Gasteiger partial charge in [-0.1, -0.05) is 13.3 Å². The van der Waals surface area contributed by atoms with E-state index in [1.54, 1.807) is 7.11 Å². The average molecular weight is 275 g/mol. The third-order valence-corrected chi connectivity index (χ3v) is 4.43. The van der Waals surface area contributed by atoms with Gasteiger partial charge in [0, 0.05) is 12.1 Å². The molecule has 1 aliphatic heterocycles. The molecule has 0 spiro atoms. The molecule has 1 heterocycles. The average Bonchev–Trinajstić information content (AvgIpc) is 2.53. The van der Waals surface area contributed by atoms with Gasteiger partial charge in [0.1, 0.15) is 5.75 Å². The summed E-state index contributed by atoms with van der Waals surface area (Å²) in [5.74, 6) is 1.75. The van der Waals surface area contributed by atoms with E-state index >= 15 is 0 Å². The number of ether oxygens (including phenoxy) is 1. The van der Waals surface area contributed by atoms with Crippen LogP contribution >= 0.6 is 0 Å². The van der Waals surface area contributed by atoms with Crippen LogP contribution in [0.4, 0.5) is 0 Å². The Morgan fingerprint density at radius 1 is 1.40 bits per heavy atom. The number of methoxy groups -OCH3 is 1. The molecule has 0 saturated carbocycles. The van der Waals surface area contributed by atoms with Crippen LogP contribution in [0.25, 0.3) is 0 Å². The van der Waals surface area contributed by atoms with E-state index in [-0.39, 0.29) is 11.8 Å². The van der Waals surface area contributed by atoms with Crippen molar-refractivity contribution in [1.29, 1.82) is 0 Å². The van der Waals surface area contributed by atoms with Gasteiger partial charge in [0.2, 0.25) is 0 Å². The highest BCUT2D eigenvalue weighted by Gasteiger charge is 2.27. The molecule has 1 saturated heterocycles. The van der Waals surface area contributed by atoms with Gasteiger partial charge in [-0.15, -0.1) is 0 Å². The van der Waals surface area contributed by atoms with Gasteiger partial charge < -0.3 is 4.74 Å².